The fourth-order valence-electron chi connectivity index (χ4n) is 2.62. The van der Waals surface area contributed by atoms with Gasteiger partial charge in [-0.3, -0.25) is 4.79 Å². The molecule has 0 aliphatic carbocycles. The van der Waals surface area contributed by atoms with E-state index in [4.69, 9.17) is 11.6 Å². The van der Waals surface area contributed by atoms with Crippen LogP contribution in [0.1, 0.15) is 62.7 Å². The summed E-state index contributed by atoms with van der Waals surface area (Å²) in [7, 11) is 0. The molecular formula is C16H22ClNO2. The van der Waals surface area contributed by atoms with Gasteiger partial charge in [-0.1, -0.05) is 50.6 Å². The number of anilines is 1. The van der Waals surface area contributed by atoms with Crippen LogP contribution in [-0.2, 0) is 11.2 Å². The van der Waals surface area contributed by atoms with E-state index in [9.17, 15) is 9.90 Å². The summed E-state index contributed by atoms with van der Waals surface area (Å²) in [6, 6.07) is 3.61. The van der Waals surface area contributed by atoms with E-state index < -0.39 is 6.10 Å². The molecule has 1 atom stereocenters. The Balaban J connectivity index is 1.95. The molecule has 4 heteroatoms. The molecule has 1 heterocycles. The maximum absolute atomic E-state index is 11.3. The second kappa shape index (κ2) is 7.09. The molecule has 110 valence electrons. The highest BCUT2D eigenvalue weighted by atomic mass is 35.5. The molecule has 1 aliphatic heterocycles. The molecule has 1 aromatic rings. The molecule has 1 aliphatic rings. The predicted molar refractivity (Wildman–Crippen MR) is 82.1 cm³/mol. The number of aliphatic hydroxyl groups excluding tert-OH is 1. The standard InChI is InChI=1S/C16H22ClNO2/c1-2-3-4-5-6-7-15(19)12-8-11-9-16(20)18-14(11)10-13(12)17/h8,10,15,19H,2-7,9H2,1H3,(H,18,20). The summed E-state index contributed by atoms with van der Waals surface area (Å²) in [4.78, 5) is 11.3. The molecule has 2 N–H and O–H groups in total. The minimum atomic E-state index is -0.537. The summed E-state index contributed by atoms with van der Waals surface area (Å²) in [5, 5.41) is 13.6. The third-order valence-corrected chi connectivity index (χ3v) is 4.12. The molecule has 0 spiro atoms. The maximum Gasteiger partial charge on any atom is 0.228 e. The number of amides is 1. The minimum absolute atomic E-state index is 0.0118. The van der Waals surface area contributed by atoms with Crippen LogP contribution in [0.15, 0.2) is 12.1 Å². The molecule has 0 radical (unpaired) electrons. The zero-order chi connectivity index (χ0) is 14.5. The molecular weight excluding hydrogens is 274 g/mol. The number of halogens is 1. The van der Waals surface area contributed by atoms with E-state index in [1.54, 1.807) is 6.07 Å². The molecule has 0 saturated carbocycles. The van der Waals surface area contributed by atoms with Crippen LogP contribution >= 0.6 is 11.6 Å². The van der Waals surface area contributed by atoms with Crippen LogP contribution in [0, 0.1) is 0 Å². The molecule has 1 amide bonds. The fourth-order valence-corrected chi connectivity index (χ4v) is 2.91. The van der Waals surface area contributed by atoms with E-state index in [-0.39, 0.29) is 5.91 Å². The molecule has 0 saturated heterocycles. The number of nitrogens with one attached hydrogen (secondary N) is 1. The third-order valence-electron chi connectivity index (χ3n) is 3.79. The first-order chi connectivity index (χ1) is 9.61. The van der Waals surface area contributed by atoms with Crippen LogP contribution in [0.2, 0.25) is 5.02 Å². The molecule has 3 nitrogen and oxygen atoms in total. The lowest BCUT2D eigenvalue weighted by molar-refractivity contribution is -0.115. The van der Waals surface area contributed by atoms with Gasteiger partial charge in [-0.2, -0.15) is 0 Å². The summed E-state index contributed by atoms with van der Waals surface area (Å²) in [5.41, 5.74) is 2.45. The SMILES string of the molecule is CCCCCCCC(O)c1cc2c(cc1Cl)NC(=O)C2. The Kier molecular flexibility index (Phi) is 5.44. The smallest absolute Gasteiger partial charge is 0.228 e. The van der Waals surface area contributed by atoms with Crippen molar-refractivity contribution in [2.45, 2.75) is 58.0 Å². The molecule has 0 fully saturated rings. The Morgan fingerprint density at radius 2 is 2.05 bits per heavy atom. The first-order valence-corrected chi connectivity index (χ1v) is 7.80. The van der Waals surface area contributed by atoms with E-state index >= 15 is 0 Å². The van der Waals surface area contributed by atoms with E-state index in [1.165, 1.54) is 19.3 Å². The van der Waals surface area contributed by atoms with Crippen molar-refractivity contribution in [3.05, 3.63) is 28.3 Å². The Morgan fingerprint density at radius 1 is 1.30 bits per heavy atom. The van der Waals surface area contributed by atoms with Crippen molar-refractivity contribution in [3.8, 4) is 0 Å². The average molecular weight is 296 g/mol. The minimum Gasteiger partial charge on any atom is -0.388 e. The zero-order valence-corrected chi connectivity index (χ0v) is 12.7. The van der Waals surface area contributed by atoms with Crippen LogP contribution < -0.4 is 5.32 Å². The quantitative estimate of drug-likeness (QED) is 0.740. The largest absolute Gasteiger partial charge is 0.388 e. The number of rotatable bonds is 7. The highest BCUT2D eigenvalue weighted by Crippen LogP contribution is 2.34. The highest BCUT2D eigenvalue weighted by molar-refractivity contribution is 6.32. The van der Waals surface area contributed by atoms with Gasteiger partial charge in [0, 0.05) is 10.7 Å². The summed E-state index contributed by atoms with van der Waals surface area (Å²) < 4.78 is 0. The molecule has 20 heavy (non-hydrogen) atoms. The van der Waals surface area contributed by atoms with E-state index in [2.05, 4.69) is 12.2 Å². The van der Waals surface area contributed by atoms with Crippen molar-refractivity contribution in [2.75, 3.05) is 5.32 Å². The number of carbonyl (C=O) groups is 1. The Bertz CT molecular complexity index is 488. The topological polar surface area (TPSA) is 49.3 Å². The second-order valence-electron chi connectivity index (χ2n) is 5.47. The number of unbranched alkanes of at least 4 members (excludes halogenated alkanes) is 4. The van der Waals surface area contributed by atoms with Gasteiger partial charge in [0.25, 0.3) is 0 Å². The number of hydrogen-bond donors (Lipinski definition) is 2. The maximum atomic E-state index is 11.3. The van der Waals surface area contributed by atoms with Crippen LogP contribution in [-0.4, -0.2) is 11.0 Å². The van der Waals surface area contributed by atoms with Gasteiger partial charge in [0.2, 0.25) is 5.91 Å². The van der Waals surface area contributed by atoms with Gasteiger partial charge in [0.1, 0.15) is 0 Å². The normalized spacial score (nSPS) is 15.1. The predicted octanol–water partition coefficient (Wildman–Crippen LogP) is 4.23. The molecule has 2 rings (SSSR count). The number of benzene rings is 1. The first-order valence-electron chi connectivity index (χ1n) is 7.42. The number of aliphatic hydroxyl groups is 1. The van der Waals surface area contributed by atoms with E-state index in [0.29, 0.717) is 11.4 Å². The van der Waals surface area contributed by atoms with Crippen molar-refractivity contribution < 1.29 is 9.90 Å². The van der Waals surface area contributed by atoms with Crippen LogP contribution in [0.4, 0.5) is 5.69 Å². The lowest BCUT2D eigenvalue weighted by atomic mass is 9.99. The average Bonchev–Trinajstić information content (AvgIpc) is 2.76. The number of fused-ring (bicyclic) bond motifs is 1. The van der Waals surface area contributed by atoms with Gasteiger partial charge >= 0.3 is 0 Å². The fraction of sp³-hybridized carbons (Fsp3) is 0.562. The number of hydrogen-bond acceptors (Lipinski definition) is 2. The van der Waals surface area contributed by atoms with Crippen LogP contribution in [0.3, 0.4) is 0 Å². The van der Waals surface area contributed by atoms with Crippen molar-refractivity contribution in [3.63, 3.8) is 0 Å². The summed E-state index contributed by atoms with van der Waals surface area (Å²) in [6.07, 6.45) is 6.42. The highest BCUT2D eigenvalue weighted by Gasteiger charge is 2.21. The Morgan fingerprint density at radius 3 is 2.80 bits per heavy atom. The van der Waals surface area contributed by atoms with E-state index in [0.717, 1.165) is 36.1 Å². The second-order valence-corrected chi connectivity index (χ2v) is 5.88. The van der Waals surface area contributed by atoms with Gasteiger partial charge in [-0.05, 0) is 29.7 Å². The summed E-state index contributed by atoms with van der Waals surface area (Å²) >= 11 is 6.20. The van der Waals surface area contributed by atoms with Crippen molar-refractivity contribution in [2.24, 2.45) is 0 Å². The number of carbonyl (C=O) groups excluding carboxylic acids is 1. The lowest BCUT2D eigenvalue weighted by Crippen LogP contribution is -2.03. The van der Waals surface area contributed by atoms with E-state index in [1.807, 2.05) is 6.07 Å². The molecule has 0 bridgehead atoms. The molecule has 1 unspecified atom stereocenters. The van der Waals surface area contributed by atoms with Crippen molar-refractivity contribution >= 4 is 23.2 Å². The summed E-state index contributed by atoms with van der Waals surface area (Å²) in [5.74, 6) is -0.0118. The van der Waals surface area contributed by atoms with Crippen molar-refractivity contribution in [1.82, 2.24) is 0 Å². The van der Waals surface area contributed by atoms with Crippen molar-refractivity contribution in [1.29, 1.82) is 0 Å². The first kappa shape index (κ1) is 15.3. The van der Waals surface area contributed by atoms with Gasteiger partial charge in [-0.15, -0.1) is 0 Å². The van der Waals surface area contributed by atoms with Gasteiger partial charge in [0.15, 0.2) is 0 Å². The Labute approximate surface area is 125 Å². The monoisotopic (exact) mass is 295 g/mol. The van der Waals surface area contributed by atoms with Crippen LogP contribution in [0.5, 0.6) is 0 Å². The zero-order valence-electron chi connectivity index (χ0n) is 11.9. The third kappa shape index (κ3) is 3.74. The van der Waals surface area contributed by atoms with Gasteiger partial charge in [-0.25, -0.2) is 0 Å². The van der Waals surface area contributed by atoms with Gasteiger partial charge in [0.05, 0.1) is 12.5 Å². The van der Waals surface area contributed by atoms with Gasteiger partial charge < -0.3 is 10.4 Å². The molecule has 0 aromatic heterocycles. The lowest BCUT2D eigenvalue weighted by Gasteiger charge is -2.14. The Hall–Kier alpha value is -1.06. The summed E-state index contributed by atoms with van der Waals surface area (Å²) in [6.45, 7) is 2.19. The van der Waals surface area contributed by atoms with Crippen LogP contribution in [0.25, 0.3) is 0 Å². The molecule has 1 aromatic carbocycles.